The van der Waals surface area contributed by atoms with E-state index in [9.17, 15) is 4.79 Å². The van der Waals surface area contributed by atoms with Crippen LogP contribution in [0.4, 0.5) is 11.5 Å². The summed E-state index contributed by atoms with van der Waals surface area (Å²) in [6, 6.07) is 12.7. The molecule has 10 nitrogen and oxygen atoms in total. The number of fused-ring (bicyclic) bond motifs is 2. The molecule has 2 aromatic carbocycles. The van der Waals surface area contributed by atoms with E-state index in [2.05, 4.69) is 51.1 Å². The third-order valence-corrected chi connectivity index (χ3v) is 9.40. The Labute approximate surface area is 255 Å². The first-order chi connectivity index (χ1) is 20.8. The van der Waals surface area contributed by atoms with Crippen molar-refractivity contribution in [3.05, 3.63) is 70.5 Å². The van der Waals surface area contributed by atoms with Crippen LogP contribution in [-0.2, 0) is 23.2 Å². The van der Waals surface area contributed by atoms with E-state index >= 15 is 0 Å². The highest BCUT2D eigenvalue weighted by molar-refractivity contribution is 6.36. The Hall–Kier alpha value is -4.18. The van der Waals surface area contributed by atoms with Gasteiger partial charge in [-0.1, -0.05) is 47.9 Å². The molecule has 11 heteroatoms. The number of rotatable bonds is 7. The quantitative estimate of drug-likeness (QED) is 0.270. The molecule has 0 bridgehead atoms. The van der Waals surface area contributed by atoms with Crippen molar-refractivity contribution < 1.29 is 14.1 Å². The summed E-state index contributed by atoms with van der Waals surface area (Å²) in [5.41, 5.74) is 3.18. The maximum atomic E-state index is 13.0. The lowest BCUT2D eigenvalue weighted by molar-refractivity contribution is -0.124. The Bertz CT molecular complexity index is 1730. The van der Waals surface area contributed by atoms with Gasteiger partial charge in [-0.05, 0) is 43.2 Å². The van der Waals surface area contributed by atoms with E-state index in [4.69, 9.17) is 30.8 Å². The second-order valence-electron chi connectivity index (χ2n) is 11.9. The molecule has 43 heavy (non-hydrogen) atoms. The van der Waals surface area contributed by atoms with Crippen LogP contribution in [0.5, 0.6) is 6.01 Å². The van der Waals surface area contributed by atoms with Crippen LogP contribution in [0.2, 0.25) is 5.02 Å². The standard InChI is InChI=1S/C32H34ClN7O3/c1-32(14-15-32)30-35-26(43-37-30)10-11-27(41)40-16-12-21(18-40)38(2)29-22-13-17-39(19-24(22)34-31(36-29)42-3)25-9-5-7-20-6-4-8-23(33)28(20)25/h4-11,21H,12-19H2,1-3H3/b11-10+. The van der Waals surface area contributed by atoms with Crippen molar-refractivity contribution in [2.75, 3.05) is 43.6 Å². The molecule has 0 radical (unpaired) electrons. The Kier molecular flexibility index (Phi) is 6.96. The van der Waals surface area contributed by atoms with Gasteiger partial charge in [0.15, 0.2) is 5.82 Å². The summed E-state index contributed by atoms with van der Waals surface area (Å²) in [5, 5.41) is 6.99. The summed E-state index contributed by atoms with van der Waals surface area (Å²) in [6.45, 7) is 4.80. The third-order valence-electron chi connectivity index (χ3n) is 9.08. The molecule has 0 spiro atoms. The lowest BCUT2D eigenvalue weighted by Gasteiger charge is -2.34. The number of likely N-dealkylation sites (tertiary alicyclic amines) is 1. The van der Waals surface area contributed by atoms with Crippen LogP contribution >= 0.6 is 11.6 Å². The zero-order valence-electron chi connectivity index (χ0n) is 24.6. The maximum Gasteiger partial charge on any atom is 0.318 e. The predicted molar refractivity (Wildman–Crippen MR) is 166 cm³/mol. The van der Waals surface area contributed by atoms with Gasteiger partial charge in [-0.2, -0.15) is 15.0 Å². The number of aromatic nitrogens is 4. The van der Waals surface area contributed by atoms with E-state index in [1.54, 1.807) is 13.2 Å². The van der Waals surface area contributed by atoms with E-state index in [0.717, 1.165) is 76.6 Å². The van der Waals surface area contributed by atoms with Crippen LogP contribution in [0.1, 0.15) is 49.2 Å². The second kappa shape index (κ2) is 10.8. The number of hydrogen-bond donors (Lipinski definition) is 0. The number of methoxy groups -OCH3 is 1. The fraction of sp³-hybridized carbons (Fsp3) is 0.406. The Morgan fingerprint density at radius 3 is 2.77 bits per heavy atom. The van der Waals surface area contributed by atoms with Crippen molar-refractivity contribution in [2.24, 2.45) is 0 Å². The fourth-order valence-electron chi connectivity index (χ4n) is 6.16. The molecule has 4 aromatic rings. The first-order valence-corrected chi connectivity index (χ1v) is 15.1. The van der Waals surface area contributed by atoms with Crippen LogP contribution in [0.25, 0.3) is 16.8 Å². The number of nitrogens with zero attached hydrogens (tertiary/aromatic N) is 7. The summed E-state index contributed by atoms with van der Waals surface area (Å²) in [6.07, 6.45) is 6.89. The van der Waals surface area contributed by atoms with Gasteiger partial charge in [-0.25, -0.2) is 0 Å². The van der Waals surface area contributed by atoms with Gasteiger partial charge in [0.25, 0.3) is 5.89 Å². The molecular formula is C32H34ClN7O3. The number of hydrogen-bond acceptors (Lipinski definition) is 9. The molecule has 222 valence electrons. The number of ether oxygens (including phenoxy) is 1. The number of likely N-dealkylation sites (N-methyl/N-ethyl adjacent to an activating group) is 1. The molecule has 1 atom stereocenters. The van der Waals surface area contributed by atoms with Crippen LogP contribution in [0.15, 0.2) is 47.0 Å². The highest BCUT2D eigenvalue weighted by Crippen LogP contribution is 2.46. The highest BCUT2D eigenvalue weighted by atomic mass is 35.5. The molecule has 1 saturated carbocycles. The highest BCUT2D eigenvalue weighted by Gasteiger charge is 2.43. The molecule has 2 aliphatic heterocycles. The van der Waals surface area contributed by atoms with Crippen molar-refractivity contribution >= 4 is 45.9 Å². The van der Waals surface area contributed by atoms with Crippen LogP contribution in [0, 0.1) is 0 Å². The maximum absolute atomic E-state index is 13.0. The Balaban J connectivity index is 1.08. The van der Waals surface area contributed by atoms with E-state index in [1.165, 1.54) is 6.08 Å². The van der Waals surface area contributed by atoms with E-state index < -0.39 is 0 Å². The Morgan fingerprint density at radius 1 is 1.16 bits per heavy atom. The number of carbonyl (C=O) groups excluding carboxylic acids is 1. The monoisotopic (exact) mass is 599 g/mol. The van der Waals surface area contributed by atoms with E-state index in [1.807, 2.05) is 24.1 Å². The minimum Gasteiger partial charge on any atom is -0.467 e. The van der Waals surface area contributed by atoms with Gasteiger partial charge in [-0.15, -0.1) is 0 Å². The minimum absolute atomic E-state index is 0.0250. The summed E-state index contributed by atoms with van der Waals surface area (Å²) < 4.78 is 10.9. The van der Waals surface area contributed by atoms with Crippen LogP contribution in [0.3, 0.4) is 0 Å². The van der Waals surface area contributed by atoms with E-state index in [-0.39, 0.29) is 17.4 Å². The van der Waals surface area contributed by atoms with Gasteiger partial charge in [0.1, 0.15) is 5.82 Å². The van der Waals surface area contributed by atoms with Gasteiger partial charge < -0.3 is 24.0 Å². The molecule has 3 aliphatic rings. The molecule has 1 aliphatic carbocycles. The number of halogens is 1. The summed E-state index contributed by atoms with van der Waals surface area (Å²) in [7, 11) is 3.64. The lowest BCUT2D eigenvalue weighted by atomic mass is 10.0. The zero-order valence-corrected chi connectivity index (χ0v) is 25.3. The molecule has 1 amide bonds. The zero-order chi connectivity index (χ0) is 29.7. The average Bonchev–Trinajstić information content (AvgIpc) is 3.39. The number of amides is 1. The molecule has 7 rings (SSSR count). The second-order valence-corrected chi connectivity index (χ2v) is 12.3. The summed E-state index contributed by atoms with van der Waals surface area (Å²) in [5.74, 6) is 1.87. The molecule has 1 saturated heterocycles. The van der Waals surface area contributed by atoms with Gasteiger partial charge in [0, 0.05) is 66.9 Å². The molecule has 2 fully saturated rings. The predicted octanol–water partition coefficient (Wildman–Crippen LogP) is 5.04. The number of anilines is 2. The van der Waals surface area contributed by atoms with Crippen LogP contribution < -0.4 is 14.5 Å². The molecular weight excluding hydrogens is 566 g/mol. The number of benzene rings is 2. The van der Waals surface area contributed by atoms with Crippen molar-refractivity contribution in [3.8, 4) is 6.01 Å². The van der Waals surface area contributed by atoms with Crippen LogP contribution in [-0.4, -0.2) is 70.7 Å². The lowest BCUT2D eigenvalue weighted by Crippen LogP contribution is -2.39. The summed E-state index contributed by atoms with van der Waals surface area (Å²) >= 11 is 6.65. The summed E-state index contributed by atoms with van der Waals surface area (Å²) in [4.78, 5) is 33.4. The van der Waals surface area contributed by atoms with Gasteiger partial charge in [-0.3, -0.25) is 4.79 Å². The first-order valence-electron chi connectivity index (χ1n) is 14.7. The first kappa shape index (κ1) is 27.6. The molecule has 4 heterocycles. The van der Waals surface area contributed by atoms with Gasteiger partial charge >= 0.3 is 6.01 Å². The van der Waals surface area contributed by atoms with Gasteiger partial charge in [0.2, 0.25) is 5.91 Å². The largest absolute Gasteiger partial charge is 0.467 e. The third kappa shape index (κ3) is 5.18. The molecule has 2 aromatic heterocycles. The average molecular weight is 600 g/mol. The molecule has 1 unspecified atom stereocenters. The Morgan fingerprint density at radius 2 is 1.98 bits per heavy atom. The van der Waals surface area contributed by atoms with Crippen molar-refractivity contribution in [1.82, 2.24) is 25.0 Å². The van der Waals surface area contributed by atoms with Gasteiger partial charge in [0.05, 0.1) is 24.4 Å². The van der Waals surface area contributed by atoms with Crippen molar-refractivity contribution in [3.63, 3.8) is 0 Å². The van der Waals surface area contributed by atoms with Crippen molar-refractivity contribution in [2.45, 2.75) is 50.6 Å². The van der Waals surface area contributed by atoms with E-state index in [0.29, 0.717) is 31.5 Å². The SMILES string of the molecule is COc1nc2c(c(N(C)C3CCN(C(=O)/C=C/c4nc(C5(C)CC5)no4)C3)n1)CCN(c1cccc3cccc(Cl)c13)C2. The minimum atomic E-state index is -0.0695. The normalized spacial score (nSPS) is 19.2. The fourth-order valence-corrected chi connectivity index (χ4v) is 6.43. The topological polar surface area (TPSA) is 101 Å². The molecule has 0 N–H and O–H groups in total. The number of carbonyl (C=O) groups is 1. The smallest absolute Gasteiger partial charge is 0.318 e. The van der Waals surface area contributed by atoms with Crippen molar-refractivity contribution in [1.29, 1.82) is 0 Å².